The molecule has 32 heavy (non-hydrogen) atoms. The molecule has 0 radical (unpaired) electrons. The molecule has 0 fully saturated rings. The lowest BCUT2D eigenvalue weighted by Crippen LogP contribution is -2.05. The Kier molecular flexibility index (Phi) is 5.92. The largest absolute Gasteiger partial charge is 0.416 e. The summed E-state index contributed by atoms with van der Waals surface area (Å²) in [7, 11) is 0. The molecule has 0 saturated heterocycles. The van der Waals surface area contributed by atoms with Crippen molar-refractivity contribution in [1.82, 2.24) is 20.2 Å². The Labute approximate surface area is 184 Å². The fourth-order valence-electron chi connectivity index (χ4n) is 3.01. The number of hydrogen-bond donors (Lipinski definition) is 3. The van der Waals surface area contributed by atoms with Gasteiger partial charge in [-0.3, -0.25) is 9.97 Å². The third-order valence-corrected chi connectivity index (χ3v) is 4.97. The summed E-state index contributed by atoms with van der Waals surface area (Å²) in [6, 6.07) is 7.75. The van der Waals surface area contributed by atoms with Crippen LogP contribution in [0.25, 0.3) is 22.2 Å². The first-order chi connectivity index (χ1) is 15.3. The molecule has 164 valence electrons. The fourth-order valence-corrected chi connectivity index (χ4v) is 3.28. The molecule has 3 heterocycles. The van der Waals surface area contributed by atoms with E-state index < -0.39 is 24.5 Å². The molecule has 0 unspecified atom stereocenters. The van der Waals surface area contributed by atoms with E-state index in [1.165, 1.54) is 36.8 Å². The molecule has 1 aromatic carbocycles. The van der Waals surface area contributed by atoms with Crippen molar-refractivity contribution in [3.63, 3.8) is 0 Å². The molecule has 1 atom stereocenters. The summed E-state index contributed by atoms with van der Waals surface area (Å²) in [6.07, 6.45) is -1.07. The molecule has 7 nitrogen and oxygen atoms in total. The van der Waals surface area contributed by atoms with Gasteiger partial charge < -0.3 is 15.5 Å². The quantitative estimate of drug-likeness (QED) is 0.401. The third kappa shape index (κ3) is 4.47. The van der Waals surface area contributed by atoms with Crippen molar-refractivity contribution < 1.29 is 23.4 Å². The second-order valence-electron chi connectivity index (χ2n) is 6.85. The first-order valence-electron chi connectivity index (χ1n) is 9.26. The normalized spacial score (nSPS) is 12.7. The topological polar surface area (TPSA) is 104 Å². The van der Waals surface area contributed by atoms with Gasteiger partial charge in [0, 0.05) is 34.4 Å². The van der Waals surface area contributed by atoms with Crippen molar-refractivity contribution in [2.24, 2.45) is 0 Å². The van der Waals surface area contributed by atoms with Gasteiger partial charge in [-0.15, -0.1) is 5.10 Å². The van der Waals surface area contributed by atoms with Gasteiger partial charge in [0.05, 0.1) is 29.1 Å². The summed E-state index contributed by atoms with van der Waals surface area (Å²) in [5.41, 5.74) is 0.848. The van der Waals surface area contributed by atoms with Crippen molar-refractivity contribution in [3.8, 4) is 11.4 Å². The minimum atomic E-state index is -4.41. The Morgan fingerprint density at radius 3 is 2.44 bits per heavy atom. The molecule has 0 amide bonds. The summed E-state index contributed by atoms with van der Waals surface area (Å²) < 4.78 is 38.3. The molecular formula is C21H15ClF3N5O2. The minimum absolute atomic E-state index is 0.243. The molecule has 11 heteroatoms. The smallest absolute Gasteiger partial charge is 0.393 e. The summed E-state index contributed by atoms with van der Waals surface area (Å²) in [6.45, 7) is -0.459. The number of aliphatic hydroxyl groups excluding tert-OH is 2. The van der Waals surface area contributed by atoms with Crippen LogP contribution in [0.3, 0.4) is 0 Å². The van der Waals surface area contributed by atoms with E-state index in [0.717, 1.165) is 12.1 Å². The molecule has 0 aliphatic carbocycles. The molecule has 4 rings (SSSR count). The maximum Gasteiger partial charge on any atom is 0.416 e. The van der Waals surface area contributed by atoms with Gasteiger partial charge in [0.15, 0.2) is 5.82 Å². The van der Waals surface area contributed by atoms with E-state index in [1.807, 2.05) is 0 Å². The molecule has 0 bridgehead atoms. The van der Waals surface area contributed by atoms with Crippen LogP contribution < -0.4 is 5.32 Å². The number of aliphatic hydroxyl groups is 2. The Bertz CT molecular complexity index is 1270. The highest BCUT2D eigenvalue weighted by atomic mass is 35.5. The number of benzene rings is 1. The van der Waals surface area contributed by atoms with Gasteiger partial charge in [-0.2, -0.15) is 18.3 Å². The van der Waals surface area contributed by atoms with E-state index in [2.05, 4.69) is 25.5 Å². The van der Waals surface area contributed by atoms with Crippen LogP contribution in [0.4, 0.5) is 24.7 Å². The number of nitrogens with one attached hydrogen (secondary N) is 1. The molecule has 0 aliphatic heterocycles. The first-order valence-corrected chi connectivity index (χ1v) is 9.64. The lowest BCUT2D eigenvalue weighted by Gasteiger charge is -2.11. The standard InChI is InChI=1S/C21H15ClF3N5O2/c22-16-5-12(18(32)10-31)7-27-19(16)17-6-11-8-28-30-20(15(11)9-26-17)29-14-3-1-13(2-4-14)21(23,24)25/h1-9,18,31-32H,10H2,(H,29,30)/t18-/m0/s1. The number of pyridine rings is 2. The third-order valence-electron chi connectivity index (χ3n) is 4.68. The highest BCUT2D eigenvalue weighted by Crippen LogP contribution is 2.32. The van der Waals surface area contributed by atoms with E-state index >= 15 is 0 Å². The molecule has 0 saturated carbocycles. The minimum Gasteiger partial charge on any atom is -0.393 e. The lowest BCUT2D eigenvalue weighted by molar-refractivity contribution is -0.137. The average molecular weight is 462 g/mol. The SMILES string of the molecule is OC[C@H](O)c1cnc(-c2cc3cnnc(Nc4ccc(C(F)(F)F)cc4)c3cn2)c(Cl)c1. The summed E-state index contributed by atoms with van der Waals surface area (Å²) in [5.74, 6) is 0.321. The van der Waals surface area contributed by atoms with Gasteiger partial charge in [-0.1, -0.05) is 11.6 Å². The van der Waals surface area contributed by atoms with Crippen LogP contribution in [0.2, 0.25) is 5.02 Å². The van der Waals surface area contributed by atoms with Crippen LogP contribution in [0.15, 0.2) is 55.0 Å². The van der Waals surface area contributed by atoms with Crippen LogP contribution in [0.5, 0.6) is 0 Å². The van der Waals surface area contributed by atoms with Gasteiger partial charge in [0.2, 0.25) is 0 Å². The zero-order chi connectivity index (χ0) is 22.9. The molecule has 0 aliphatic rings. The first kappa shape index (κ1) is 21.9. The maximum atomic E-state index is 12.8. The van der Waals surface area contributed by atoms with Gasteiger partial charge in [-0.05, 0) is 36.4 Å². The van der Waals surface area contributed by atoms with Gasteiger partial charge in [0.1, 0.15) is 11.8 Å². The number of nitrogens with zero attached hydrogens (tertiary/aromatic N) is 4. The fraction of sp³-hybridized carbons (Fsp3) is 0.143. The number of rotatable bonds is 5. The lowest BCUT2D eigenvalue weighted by atomic mass is 10.1. The van der Waals surface area contributed by atoms with Crippen molar-refractivity contribution >= 4 is 33.9 Å². The second kappa shape index (κ2) is 8.65. The number of alkyl halides is 3. The molecule has 3 aromatic heterocycles. The Balaban J connectivity index is 1.64. The van der Waals surface area contributed by atoms with Gasteiger partial charge in [-0.25, -0.2) is 0 Å². The summed E-state index contributed by atoms with van der Waals surface area (Å²) >= 11 is 6.28. The number of hydrogen-bond acceptors (Lipinski definition) is 7. The number of anilines is 2. The van der Waals surface area contributed by atoms with Gasteiger partial charge in [0.25, 0.3) is 0 Å². The number of fused-ring (bicyclic) bond motifs is 1. The highest BCUT2D eigenvalue weighted by molar-refractivity contribution is 6.33. The van der Waals surface area contributed by atoms with Crippen LogP contribution in [-0.2, 0) is 6.18 Å². The Morgan fingerprint density at radius 1 is 1.03 bits per heavy atom. The summed E-state index contributed by atoms with van der Waals surface area (Å²) in [4.78, 5) is 8.60. The number of halogens is 4. The van der Waals surface area contributed by atoms with Crippen LogP contribution in [-0.4, -0.2) is 37.0 Å². The monoisotopic (exact) mass is 461 g/mol. The van der Waals surface area contributed by atoms with Crippen molar-refractivity contribution in [1.29, 1.82) is 0 Å². The molecule has 4 aromatic rings. The molecular weight excluding hydrogens is 447 g/mol. The van der Waals surface area contributed by atoms with E-state index in [-0.39, 0.29) is 5.02 Å². The molecule has 0 spiro atoms. The van der Waals surface area contributed by atoms with Crippen molar-refractivity contribution in [2.75, 3.05) is 11.9 Å². The maximum absolute atomic E-state index is 12.8. The van der Waals surface area contributed by atoms with Crippen LogP contribution >= 0.6 is 11.6 Å². The van der Waals surface area contributed by atoms with Crippen LogP contribution in [0.1, 0.15) is 17.2 Å². The highest BCUT2D eigenvalue weighted by Gasteiger charge is 2.30. The second-order valence-corrected chi connectivity index (χ2v) is 7.25. The van der Waals surface area contributed by atoms with E-state index in [0.29, 0.717) is 39.2 Å². The van der Waals surface area contributed by atoms with Gasteiger partial charge >= 0.3 is 6.18 Å². The van der Waals surface area contributed by atoms with E-state index in [1.54, 1.807) is 6.07 Å². The average Bonchev–Trinajstić information content (AvgIpc) is 2.78. The van der Waals surface area contributed by atoms with Crippen LogP contribution in [0, 0.1) is 0 Å². The zero-order valence-corrected chi connectivity index (χ0v) is 16.9. The predicted octanol–water partition coefficient (Wildman–Crippen LogP) is 4.53. The number of aromatic nitrogens is 4. The van der Waals surface area contributed by atoms with E-state index in [4.69, 9.17) is 16.7 Å². The van der Waals surface area contributed by atoms with Crippen molar-refractivity contribution in [2.45, 2.75) is 12.3 Å². The van der Waals surface area contributed by atoms with Crippen molar-refractivity contribution in [3.05, 3.63) is 71.1 Å². The predicted molar refractivity (Wildman–Crippen MR) is 112 cm³/mol. The Morgan fingerprint density at radius 2 is 1.78 bits per heavy atom. The molecule has 3 N–H and O–H groups in total. The summed E-state index contributed by atoms with van der Waals surface area (Å²) in [5, 5.41) is 31.2. The van der Waals surface area contributed by atoms with E-state index in [9.17, 15) is 18.3 Å². The zero-order valence-electron chi connectivity index (χ0n) is 16.2. The Hall–Kier alpha value is -3.34.